The zero-order valence-electron chi connectivity index (χ0n) is 15.5. The summed E-state index contributed by atoms with van der Waals surface area (Å²) in [5.41, 5.74) is 7.61. The Morgan fingerprint density at radius 1 is 1.30 bits per heavy atom. The minimum absolute atomic E-state index is 0.00901. The number of carbonyl (C=O) groups is 1. The van der Waals surface area contributed by atoms with Crippen LogP contribution in [-0.4, -0.2) is 31.6 Å². The molecule has 0 amide bonds. The first-order chi connectivity index (χ1) is 12.7. The van der Waals surface area contributed by atoms with Gasteiger partial charge in [-0.05, 0) is 44.0 Å². The van der Waals surface area contributed by atoms with E-state index in [1.54, 1.807) is 24.4 Å². The summed E-state index contributed by atoms with van der Waals surface area (Å²) in [7, 11) is 0. The number of ether oxygens (including phenoxy) is 1. The molecule has 2 heterocycles. The van der Waals surface area contributed by atoms with Crippen LogP contribution in [0.1, 0.15) is 48.2 Å². The van der Waals surface area contributed by atoms with Gasteiger partial charge in [0.1, 0.15) is 11.2 Å². The lowest BCUT2D eigenvalue weighted by Crippen LogP contribution is -2.23. The Bertz CT molecular complexity index is 1000. The van der Waals surface area contributed by atoms with Crippen molar-refractivity contribution in [1.29, 1.82) is 0 Å². The summed E-state index contributed by atoms with van der Waals surface area (Å²) in [6.45, 7) is 9.37. The summed E-state index contributed by atoms with van der Waals surface area (Å²) in [6.07, 6.45) is 3.49. The average Bonchev–Trinajstić information content (AvgIpc) is 2.98. The molecule has 7 nitrogen and oxygen atoms in total. The number of nitrogens with two attached hydrogens (primary N) is 1. The summed E-state index contributed by atoms with van der Waals surface area (Å²) in [5.74, 6) is -0.807. The summed E-state index contributed by atoms with van der Waals surface area (Å²) in [5, 5.41) is 10.7. The van der Waals surface area contributed by atoms with Gasteiger partial charge in [-0.25, -0.2) is 4.79 Å². The molecule has 0 spiro atoms. The maximum atomic E-state index is 12.2. The molecule has 0 fully saturated rings. The van der Waals surface area contributed by atoms with Crippen molar-refractivity contribution in [2.75, 3.05) is 5.73 Å². The molecule has 3 rings (SSSR count). The first-order valence-electron chi connectivity index (χ1n) is 8.49. The highest BCUT2D eigenvalue weighted by molar-refractivity contribution is 5.90. The number of benzene rings is 1. The molecular formula is C20H22N4O3. The number of hydrogen-bond donors (Lipinski definition) is 3. The Morgan fingerprint density at radius 3 is 2.56 bits per heavy atom. The first-order valence-corrected chi connectivity index (χ1v) is 8.49. The van der Waals surface area contributed by atoms with Crippen molar-refractivity contribution in [3.05, 3.63) is 59.8 Å². The molecule has 3 aromatic rings. The molecule has 7 heteroatoms. The highest BCUT2D eigenvalue weighted by Crippen LogP contribution is 2.35. The molecule has 0 aliphatic carbocycles. The van der Waals surface area contributed by atoms with Gasteiger partial charge in [-0.3, -0.25) is 0 Å². The van der Waals surface area contributed by atoms with Crippen molar-refractivity contribution in [3.63, 3.8) is 0 Å². The fourth-order valence-electron chi connectivity index (χ4n) is 2.91. The number of H-pyrrole nitrogens is 1. The summed E-state index contributed by atoms with van der Waals surface area (Å²) in [6, 6.07) is 7.09. The third-order valence-corrected chi connectivity index (χ3v) is 4.04. The van der Waals surface area contributed by atoms with Crippen LogP contribution in [0, 0.1) is 0 Å². The van der Waals surface area contributed by atoms with Gasteiger partial charge in [-0.2, -0.15) is 9.97 Å². The quantitative estimate of drug-likeness (QED) is 0.481. The van der Waals surface area contributed by atoms with E-state index in [1.165, 1.54) is 0 Å². The predicted octanol–water partition coefficient (Wildman–Crippen LogP) is 3.52. The van der Waals surface area contributed by atoms with Gasteiger partial charge in [0, 0.05) is 12.1 Å². The normalized spacial score (nSPS) is 12.7. The number of aromatic hydroxyl groups is 1. The number of allylic oxidation sites excluding steroid dienone is 1. The Kier molecular flexibility index (Phi) is 4.61. The maximum Gasteiger partial charge on any atom is 0.338 e. The van der Waals surface area contributed by atoms with Crippen molar-refractivity contribution in [1.82, 2.24) is 15.0 Å². The molecule has 0 radical (unpaired) electrons. The Labute approximate surface area is 156 Å². The van der Waals surface area contributed by atoms with Crippen LogP contribution in [0.15, 0.2) is 43.1 Å². The molecule has 0 aliphatic rings. The number of aromatic nitrogens is 3. The van der Waals surface area contributed by atoms with Crippen LogP contribution in [0.2, 0.25) is 0 Å². The van der Waals surface area contributed by atoms with Crippen LogP contribution in [0.4, 0.5) is 5.95 Å². The van der Waals surface area contributed by atoms with E-state index < -0.39 is 5.60 Å². The molecule has 0 bridgehead atoms. The number of nitrogens with zero attached hydrogens (tertiary/aromatic N) is 2. The second-order valence-electron chi connectivity index (χ2n) is 7.21. The first kappa shape index (κ1) is 18.4. The van der Waals surface area contributed by atoms with Gasteiger partial charge in [0.25, 0.3) is 0 Å². The van der Waals surface area contributed by atoms with E-state index in [0.717, 1.165) is 11.1 Å². The topological polar surface area (TPSA) is 114 Å². The largest absolute Gasteiger partial charge is 0.493 e. The van der Waals surface area contributed by atoms with Crippen LogP contribution in [0.25, 0.3) is 11.0 Å². The minimum atomic E-state index is -0.553. The maximum absolute atomic E-state index is 12.2. The standard InChI is InChI=1S/C20H22N4O3/c1-5-13(14-10-22-16-15(14)17(25)24-19(21)23-16)11-6-8-12(9-7-11)18(26)27-20(2,3)4/h5-10,13H,1H2,2-4H3,(H4,21,22,23,24,25). The van der Waals surface area contributed by atoms with Crippen molar-refractivity contribution >= 4 is 23.0 Å². The molecule has 27 heavy (non-hydrogen) atoms. The van der Waals surface area contributed by atoms with Crippen molar-refractivity contribution < 1.29 is 14.6 Å². The van der Waals surface area contributed by atoms with E-state index in [1.807, 2.05) is 32.9 Å². The van der Waals surface area contributed by atoms with Gasteiger partial charge < -0.3 is 20.6 Å². The van der Waals surface area contributed by atoms with E-state index in [9.17, 15) is 9.90 Å². The highest BCUT2D eigenvalue weighted by atomic mass is 16.6. The average molecular weight is 366 g/mol. The Hall–Kier alpha value is -3.35. The molecule has 2 aromatic heterocycles. The number of rotatable bonds is 4. The summed E-state index contributed by atoms with van der Waals surface area (Å²) >= 11 is 0. The second-order valence-corrected chi connectivity index (χ2v) is 7.21. The third kappa shape index (κ3) is 3.76. The molecule has 1 unspecified atom stereocenters. The number of nitrogens with one attached hydrogen (secondary N) is 1. The number of aromatic amines is 1. The predicted molar refractivity (Wildman–Crippen MR) is 104 cm³/mol. The lowest BCUT2D eigenvalue weighted by Gasteiger charge is -2.19. The monoisotopic (exact) mass is 366 g/mol. The minimum Gasteiger partial charge on any atom is -0.493 e. The number of esters is 1. The second kappa shape index (κ2) is 6.75. The van der Waals surface area contributed by atoms with E-state index in [-0.39, 0.29) is 23.7 Å². The molecule has 0 aliphatic heterocycles. The van der Waals surface area contributed by atoms with Crippen LogP contribution in [0.5, 0.6) is 5.88 Å². The number of fused-ring (bicyclic) bond motifs is 1. The lowest BCUT2D eigenvalue weighted by atomic mass is 9.91. The van der Waals surface area contributed by atoms with Crippen LogP contribution in [-0.2, 0) is 4.74 Å². The molecule has 0 saturated carbocycles. The summed E-state index contributed by atoms with van der Waals surface area (Å²) < 4.78 is 5.38. The number of carbonyl (C=O) groups excluding carboxylic acids is 1. The third-order valence-electron chi connectivity index (χ3n) is 4.04. The molecule has 1 atom stereocenters. The SMILES string of the molecule is C=CC(c1ccc(C(=O)OC(C)(C)C)cc1)c1c[nH]c2nc(N)nc(O)c12. The van der Waals surface area contributed by atoms with Gasteiger partial charge in [0.15, 0.2) is 0 Å². The number of anilines is 1. The van der Waals surface area contributed by atoms with Gasteiger partial charge >= 0.3 is 5.97 Å². The molecular weight excluding hydrogens is 344 g/mol. The molecule has 4 N–H and O–H groups in total. The number of nitrogen functional groups attached to an aromatic ring is 1. The zero-order valence-corrected chi connectivity index (χ0v) is 15.5. The lowest BCUT2D eigenvalue weighted by molar-refractivity contribution is 0.00695. The number of hydrogen-bond acceptors (Lipinski definition) is 6. The Balaban J connectivity index is 1.95. The van der Waals surface area contributed by atoms with Gasteiger partial charge in [-0.1, -0.05) is 18.2 Å². The van der Waals surface area contributed by atoms with Crippen LogP contribution < -0.4 is 5.73 Å². The summed E-state index contributed by atoms with van der Waals surface area (Å²) in [4.78, 5) is 23.1. The van der Waals surface area contributed by atoms with Gasteiger partial charge in [0.05, 0.1) is 10.9 Å². The van der Waals surface area contributed by atoms with Crippen LogP contribution >= 0.6 is 0 Å². The van der Waals surface area contributed by atoms with Crippen LogP contribution in [0.3, 0.4) is 0 Å². The highest BCUT2D eigenvalue weighted by Gasteiger charge is 2.21. The fraction of sp³-hybridized carbons (Fsp3) is 0.250. The van der Waals surface area contributed by atoms with Crippen molar-refractivity contribution in [2.24, 2.45) is 0 Å². The Morgan fingerprint density at radius 2 is 1.96 bits per heavy atom. The fourth-order valence-corrected chi connectivity index (χ4v) is 2.91. The van der Waals surface area contributed by atoms with Gasteiger partial charge in [-0.15, -0.1) is 6.58 Å². The van der Waals surface area contributed by atoms with Crippen molar-refractivity contribution in [3.8, 4) is 5.88 Å². The van der Waals surface area contributed by atoms with E-state index in [2.05, 4.69) is 21.5 Å². The van der Waals surface area contributed by atoms with E-state index in [4.69, 9.17) is 10.5 Å². The molecule has 1 aromatic carbocycles. The van der Waals surface area contributed by atoms with Crippen molar-refractivity contribution in [2.45, 2.75) is 32.3 Å². The molecule has 140 valence electrons. The smallest absolute Gasteiger partial charge is 0.338 e. The van der Waals surface area contributed by atoms with E-state index in [0.29, 0.717) is 16.6 Å². The van der Waals surface area contributed by atoms with E-state index >= 15 is 0 Å². The van der Waals surface area contributed by atoms with Gasteiger partial charge in [0.2, 0.25) is 11.8 Å². The zero-order chi connectivity index (χ0) is 19.8. The molecule has 0 saturated heterocycles.